The van der Waals surface area contributed by atoms with Crippen LogP contribution in [0.2, 0.25) is 5.02 Å². The Morgan fingerprint density at radius 2 is 2.04 bits per heavy atom. The zero-order chi connectivity index (χ0) is 19.7. The average molecular weight is 414 g/mol. The smallest absolute Gasteiger partial charge is 0.188 e. The van der Waals surface area contributed by atoms with E-state index in [2.05, 4.69) is 15.2 Å². The fourth-order valence-corrected chi connectivity index (χ4v) is 3.98. The van der Waals surface area contributed by atoms with Gasteiger partial charge < -0.3 is 4.74 Å². The van der Waals surface area contributed by atoms with Gasteiger partial charge in [-0.3, -0.25) is 4.79 Å². The van der Waals surface area contributed by atoms with Crippen LogP contribution in [0, 0.1) is 5.82 Å². The van der Waals surface area contributed by atoms with Gasteiger partial charge in [0.1, 0.15) is 27.3 Å². The van der Waals surface area contributed by atoms with E-state index >= 15 is 0 Å². The summed E-state index contributed by atoms with van der Waals surface area (Å²) >= 11 is 7.31. The van der Waals surface area contributed by atoms with Crippen LogP contribution in [-0.4, -0.2) is 28.1 Å². The van der Waals surface area contributed by atoms with Crippen molar-refractivity contribution in [3.63, 3.8) is 0 Å². The number of Topliss-reactive ketones (excluding diaryl/α,β-unsaturated/α-hetero) is 1. The molecular formula is C20H13ClFN3O2S. The van der Waals surface area contributed by atoms with Crippen LogP contribution in [0.4, 0.5) is 4.39 Å². The summed E-state index contributed by atoms with van der Waals surface area (Å²) in [6, 6.07) is 13.1. The van der Waals surface area contributed by atoms with E-state index in [9.17, 15) is 9.18 Å². The number of nitrogens with zero attached hydrogens (tertiary/aromatic N) is 3. The van der Waals surface area contributed by atoms with Crippen molar-refractivity contribution in [3.05, 3.63) is 70.1 Å². The lowest BCUT2D eigenvalue weighted by Crippen LogP contribution is -2.06. The number of ether oxygens (including phenoxy) is 1. The van der Waals surface area contributed by atoms with Crippen LogP contribution >= 0.6 is 22.9 Å². The van der Waals surface area contributed by atoms with Gasteiger partial charge in [-0.2, -0.15) is 0 Å². The fourth-order valence-electron chi connectivity index (χ4n) is 2.78. The van der Waals surface area contributed by atoms with Crippen molar-refractivity contribution < 1.29 is 13.9 Å². The third-order valence-corrected chi connectivity index (χ3v) is 5.41. The van der Waals surface area contributed by atoms with Gasteiger partial charge >= 0.3 is 0 Å². The van der Waals surface area contributed by atoms with Gasteiger partial charge in [0.2, 0.25) is 0 Å². The standard InChI is InChI=1S/C20H13ClFN3O2S/c1-27-18-4-2-3-15-13(18)7-8-16(23-15)17(26)10-19-24-25-20(28-19)12-6-5-11(22)9-14(12)21/h2-9H,10H2,1H3. The third kappa shape index (κ3) is 3.58. The van der Waals surface area contributed by atoms with E-state index in [1.54, 1.807) is 19.2 Å². The quantitative estimate of drug-likeness (QED) is 0.432. The molecule has 0 amide bonds. The van der Waals surface area contributed by atoms with Crippen molar-refractivity contribution >= 4 is 39.6 Å². The van der Waals surface area contributed by atoms with Crippen molar-refractivity contribution in [1.82, 2.24) is 15.2 Å². The summed E-state index contributed by atoms with van der Waals surface area (Å²) in [4.78, 5) is 17.1. The van der Waals surface area contributed by atoms with Crippen LogP contribution in [0.1, 0.15) is 15.5 Å². The molecule has 0 N–H and O–H groups in total. The number of halogens is 2. The number of hydrogen-bond acceptors (Lipinski definition) is 6. The number of fused-ring (bicyclic) bond motifs is 1. The molecule has 0 saturated carbocycles. The Bertz CT molecular complexity index is 1200. The van der Waals surface area contributed by atoms with E-state index in [0.717, 1.165) is 5.39 Å². The van der Waals surface area contributed by atoms with Crippen LogP contribution in [0.5, 0.6) is 5.75 Å². The van der Waals surface area contributed by atoms with Gasteiger partial charge in [-0.1, -0.05) is 29.0 Å². The molecule has 0 fully saturated rings. The van der Waals surface area contributed by atoms with Crippen LogP contribution in [0.25, 0.3) is 21.5 Å². The molecule has 0 aliphatic heterocycles. The Balaban J connectivity index is 1.57. The first-order valence-corrected chi connectivity index (χ1v) is 9.49. The number of benzene rings is 2. The Kier molecular flexibility index (Phi) is 5.02. The number of methoxy groups -OCH3 is 1. The molecule has 0 radical (unpaired) electrons. The predicted molar refractivity (Wildman–Crippen MR) is 107 cm³/mol. The van der Waals surface area contributed by atoms with Crippen molar-refractivity contribution in [3.8, 4) is 16.3 Å². The highest BCUT2D eigenvalue weighted by molar-refractivity contribution is 7.14. The van der Waals surface area contributed by atoms with Crippen LogP contribution in [-0.2, 0) is 6.42 Å². The van der Waals surface area contributed by atoms with Crippen molar-refractivity contribution in [1.29, 1.82) is 0 Å². The summed E-state index contributed by atoms with van der Waals surface area (Å²) in [5.74, 6) is 0.110. The highest BCUT2D eigenvalue weighted by Gasteiger charge is 2.16. The largest absolute Gasteiger partial charge is 0.496 e. The minimum atomic E-state index is -0.423. The van der Waals surface area contributed by atoms with E-state index in [4.69, 9.17) is 16.3 Å². The number of pyridine rings is 1. The maximum atomic E-state index is 13.2. The summed E-state index contributed by atoms with van der Waals surface area (Å²) in [5, 5.41) is 10.3. The minimum Gasteiger partial charge on any atom is -0.496 e. The van der Waals surface area contributed by atoms with Crippen molar-refractivity contribution in [2.24, 2.45) is 0 Å². The molecule has 140 valence electrons. The lowest BCUT2D eigenvalue weighted by molar-refractivity contribution is 0.0988. The second-order valence-electron chi connectivity index (χ2n) is 5.95. The van der Waals surface area contributed by atoms with Gasteiger partial charge in [0, 0.05) is 10.9 Å². The van der Waals surface area contributed by atoms with Crippen LogP contribution in [0.3, 0.4) is 0 Å². The summed E-state index contributed by atoms with van der Waals surface area (Å²) in [5.41, 5.74) is 1.61. The molecule has 0 aliphatic rings. The minimum absolute atomic E-state index is 0.0684. The third-order valence-electron chi connectivity index (χ3n) is 4.14. The normalized spacial score (nSPS) is 11.0. The number of rotatable bonds is 5. The number of carbonyl (C=O) groups is 1. The molecule has 8 heteroatoms. The predicted octanol–water partition coefficient (Wildman–Crippen LogP) is 4.98. The van der Waals surface area contributed by atoms with Gasteiger partial charge in [0.25, 0.3) is 0 Å². The average Bonchev–Trinajstić information content (AvgIpc) is 3.15. The zero-order valence-corrected chi connectivity index (χ0v) is 16.2. The number of hydrogen-bond donors (Lipinski definition) is 0. The van der Waals surface area contributed by atoms with E-state index in [1.165, 1.54) is 23.5 Å². The highest BCUT2D eigenvalue weighted by Crippen LogP contribution is 2.31. The molecule has 2 heterocycles. The topological polar surface area (TPSA) is 65.0 Å². The van der Waals surface area contributed by atoms with Crippen molar-refractivity contribution in [2.45, 2.75) is 6.42 Å². The number of aromatic nitrogens is 3. The van der Waals surface area contributed by atoms with Gasteiger partial charge in [-0.25, -0.2) is 9.37 Å². The molecule has 0 atom stereocenters. The van der Waals surface area contributed by atoms with Gasteiger partial charge in [-0.15, -0.1) is 10.2 Å². The molecule has 0 aliphatic carbocycles. The second kappa shape index (κ2) is 7.61. The molecule has 2 aromatic carbocycles. The molecular weight excluding hydrogens is 401 g/mol. The molecule has 5 nitrogen and oxygen atoms in total. The Hall–Kier alpha value is -2.90. The summed E-state index contributed by atoms with van der Waals surface area (Å²) in [6.45, 7) is 0. The van der Waals surface area contributed by atoms with E-state index in [-0.39, 0.29) is 17.2 Å². The van der Waals surface area contributed by atoms with Crippen LogP contribution in [0.15, 0.2) is 48.5 Å². The van der Waals surface area contributed by atoms with E-state index in [0.29, 0.717) is 32.5 Å². The van der Waals surface area contributed by atoms with Crippen molar-refractivity contribution in [2.75, 3.05) is 7.11 Å². The fraction of sp³-hybridized carbons (Fsp3) is 0.100. The van der Waals surface area contributed by atoms with Gasteiger partial charge in [-0.05, 0) is 42.5 Å². The SMILES string of the molecule is COc1cccc2nc(C(=O)Cc3nnc(-c4ccc(F)cc4Cl)s3)ccc12. The lowest BCUT2D eigenvalue weighted by Gasteiger charge is -2.05. The zero-order valence-electron chi connectivity index (χ0n) is 14.6. The Labute approximate surface area is 168 Å². The lowest BCUT2D eigenvalue weighted by atomic mass is 10.1. The van der Waals surface area contributed by atoms with E-state index < -0.39 is 5.82 Å². The summed E-state index contributed by atoms with van der Waals surface area (Å²) in [7, 11) is 1.59. The summed E-state index contributed by atoms with van der Waals surface area (Å²) < 4.78 is 18.5. The number of carbonyl (C=O) groups excluding carboxylic acids is 1. The van der Waals surface area contributed by atoms with E-state index in [1.807, 2.05) is 24.3 Å². The highest BCUT2D eigenvalue weighted by atomic mass is 35.5. The first-order chi connectivity index (χ1) is 13.5. The molecule has 4 aromatic rings. The molecule has 0 unspecified atom stereocenters. The van der Waals surface area contributed by atoms with Gasteiger partial charge in [0.15, 0.2) is 5.78 Å². The van der Waals surface area contributed by atoms with Gasteiger partial charge in [0.05, 0.1) is 24.1 Å². The maximum Gasteiger partial charge on any atom is 0.188 e. The monoisotopic (exact) mass is 413 g/mol. The first-order valence-electron chi connectivity index (χ1n) is 8.30. The molecule has 2 aromatic heterocycles. The molecule has 0 spiro atoms. The first kappa shape index (κ1) is 18.5. The second-order valence-corrected chi connectivity index (χ2v) is 7.42. The maximum absolute atomic E-state index is 13.2. The molecule has 0 saturated heterocycles. The summed E-state index contributed by atoms with van der Waals surface area (Å²) in [6.07, 6.45) is 0.0684. The molecule has 0 bridgehead atoms. The Morgan fingerprint density at radius 3 is 2.82 bits per heavy atom. The molecule has 28 heavy (non-hydrogen) atoms. The van der Waals surface area contributed by atoms with Crippen LogP contribution < -0.4 is 4.74 Å². The molecule has 4 rings (SSSR count). The number of ketones is 1. The Morgan fingerprint density at radius 1 is 1.18 bits per heavy atom.